The molecule has 0 atom stereocenters. The van der Waals surface area contributed by atoms with Crippen molar-refractivity contribution in [3.8, 4) is 11.5 Å². The molecule has 0 fully saturated rings. The van der Waals surface area contributed by atoms with Gasteiger partial charge in [0.15, 0.2) is 17.3 Å². The van der Waals surface area contributed by atoms with Crippen molar-refractivity contribution in [3.63, 3.8) is 0 Å². The quantitative estimate of drug-likeness (QED) is 0.410. The molecular formula is C16H13N7O2S. The molecule has 3 aromatic heterocycles. The van der Waals surface area contributed by atoms with Gasteiger partial charge in [-0.25, -0.2) is 15.0 Å². The molecule has 9 nitrogen and oxygen atoms in total. The van der Waals surface area contributed by atoms with Gasteiger partial charge in [-0.1, -0.05) is 18.2 Å². The molecule has 4 aromatic rings. The van der Waals surface area contributed by atoms with E-state index >= 15 is 0 Å². The molecule has 4 rings (SSSR count). The normalized spacial score (nSPS) is 11.4. The van der Waals surface area contributed by atoms with E-state index < -0.39 is 0 Å². The Morgan fingerprint density at radius 2 is 2.19 bits per heavy atom. The topological polar surface area (TPSA) is 124 Å². The fourth-order valence-electron chi connectivity index (χ4n) is 2.48. The van der Waals surface area contributed by atoms with Gasteiger partial charge in [-0.2, -0.15) is 5.10 Å². The molecule has 10 heteroatoms. The zero-order valence-corrected chi connectivity index (χ0v) is 14.2. The van der Waals surface area contributed by atoms with E-state index in [1.54, 1.807) is 10.8 Å². The van der Waals surface area contributed by atoms with Crippen LogP contribution in [0, 0.1) is 0 Å². The van der Waals surface area contributed by atoms with Crippen molar-refractivity contribution < 1.29 is 9.42 Å². The lowest BCUT2D eigenvalue weighted by molar-refractivity contribution is -0.121. The standard InChI is InChI=1S/C16H13N7O2S/c17-15-14(21-25-22-15)16-19-11-5-1-2-6-12(11)23(16)9-13(24)20-18-8-10-4-3-7-26-10/h1-8H,9H2,(H2,17,22)(H,20,24)/b18-8+. The molecule has 26 heavy (non-hydrogen) atoms. The van der Waals surface area contributed by atoms with E-state index in [9.17, 15) is 4.79 Å². The van der Waals surface area contributed by atoms with E-state index in [1.807, 2.05) is 41.8 Å². The maximum absolute atomic E-state index is 12.3. The van der Waals surface area contributed by atoms with E-state index in [2.05, 4.69) is 30.5 Å². The molecule has 1 amide bonds. The summed E-state index contributed by atoms with van der Waals surface area (Å²) in [4.78, 5) is 17.8. The van der Waals surface area contributed by atoms with Crippen LogP contribution in [-0.2, 0) is 11.3 Å². The van der Waals surface area contributed by atoms with Gasteiger partial charge in [-0.05, 0) is 33.9 Å². The van der Waals surface area contributed by atoms with E-state index in [0.29, 0.717) is 11.3 Å². The number of rotatable bonds is 5. The summed E-state index contributed by atoms with van der Waals surface area (Å²) in [5.74, 6) is 0.206. The Morgan fingerprint density at radius 3 is 2.96 bits per heavy atom. The highest BCUT2D eigenvalue weighted by molar-refractivity contribution is 7.11. The fraction of sp³-hybridized carbons (Fsp3) is 0.0625. The lowest BCUT2D eigenvalue weighted by Crippen LogP contribution is -2.23. The van der Waals surface area contributed by atoms with Crippen molar-refractivity contribution in [2.75, 3.05) is 5.73 Å². The smallest absolute Gasteiger partial charge is 0.260 e. The Labute approximate surface area is 151 Å². The Balaban J connectivity index is 1.62. The van der Waals surface area contributed by atoms with Gasteiger partial charge in [-0.3, -0.25) is 4.79 Å². The first kappa shape index (κ1) is 16.0. The third kappa shape index (κ3) is 3.05. The maximum Gasteiger partial charge on any atom is 0.260 e. The number of amides is 1. The number of fused-ring (bicyclic) bond motifs is 1. The molecule has 0 bridgehead atoms. The van der Waals surface area contributed by atoms with Crippen LogP contribution in [0.25, 0.3) is 22.6 Å². The molecule has 0 saturated carbocycles. The molecule has 130 valence electrons. The number of carbonyl (C=O) groups is 1. The van der Waals surface area contributed by atoms with Gasteiger partial charge >= 0.3 is 0 Å². The second-order valence-electron chi connectivity index (χ2n) is 5.32. The molecule has 3 N–H and O–H groups in total. The third-order valence-corrected chi connectivity index (χ3v) is 4.41. The third-order valence-electron chi connectivity index (χ3n) is 3.61. The minimum Gasteiger partial charge on any atom is -0.379 e. The predicted octanol–water partition coefficient (Wildman–Crippen LogP) is 1.88. The van der Waals surface area contributed by atoms with Crippen molar-refractivity contribution in [3.05, 3.63) is 46.7 Å². The highest BCUT2D eigenvalue weighted by Crippen LogP contribution is 2.26. The summed E-state index contributed by atoms with van der Waals surface area (Å²) in [5, 5.41) is 13.3. The van der Waals surface area contributed by atoms with Crippen LogP contribution in [0.2, 0.25) is 0 Å². The first-order valence-corrected chi connectivity index (χ1v) is 8.49. The predicted molar refractivity (Wildman–Crippen MR) is 97.5 cm³/mol. The molecule has 0 aliphatic rings. The highest BCUT2D eigenvalue weighted by Gasteiger charge is 2.20. The van der Waals surface area contributed by atoms with Crippen molar-refractivity contribution in [1.82, 2.24) is 25.3 Å². The number of benzene rings is 1. The zero-order valence-electron chi connectivity index (χ0n) is 13.4. The average Bonchev–Trinajstić information content (AvgIpc) is 3.36. The lowest BCUT2D eigenvalue weighted by atomic mass is 10.3. The minimum absolute atomic E-state index is 0.00999. The summed E-state index contributed by atoms with van der Waals surface area (Å²) in [5.41, 5.74) is 10.1. The van der Waals surface area contributed by atoms with Gasteiger partial charge in [0.1, 0.15) is 6.54 Å². The first-order valence-electron chi connectivity index (χ1n) is 7.61. The number of hydrazone groups is 1. The van der Waals surface area contributed by atoms with Crippen LogP contribution in [0.1, 0.15) is 4.88 Å². The number of hydrogen-bond acceptors (Lipinski definition) is 8. The van der Waals surface area contributed by atoms with E-state index in [0.717, 1.165) is 10.4 Å². The Morgan fingerprint density at radius 1 is 1.31 bits per heavy atom. The van der Waals surface area contributed by atoms with E-state index in [-0.39, 0.29) is 24.0 Å². The van der Waals surface area contributed by atoms with Crippen LogP contribution in [0.4, 0.5) is 5.82 Å². The SMILES string of the molecule is Nc1nonc1-c1nc2ccccc2n1CC(=O)N/N=C/c1cccs1. The Hall–Kier alpha value is -3.53. The van der Waals surface area contributed by atoms with Crippen molar-refractivity contribution in [1.29, 1.82) is 0 Å². The highest BCUT2D eigenvalue weighted by atomic mass is 32.1. The molecule has 0 spiro atoms. The summed E-state index contributed by atoms with van der Waals surface area (Å²) in [7, 11) is 0. The van der Waals surface area contributed by atoms with Gasteiger partial charge in [0.2, 0.25) is 0 Å². The van der Waals surface area contributed by atoms with Gasteiger partial charge in [0.25, 0.3) is 5.91 Å². The van der Waals surface area contributed by atoms with Crippen molar-refractivity contribution >= 4 is 40.3 Å². The molecule has 3 heterocycles. The van der Waals surface area contributed by atoms with Crippen molar-refractivity contribution in [2.45, 2.75) is 6.54 Å². The summed E-state index contributed by atoms with van der Waals surface area (Å²) in [6.07, 6.45) is 1.59. The van der Waals surface area contributed by atoms with Crippen LogP contribution in [0.5, 0.6) is 0 Å². The Bertz CT molecular complexity index is 1080. The van der Waals surface area contributed by atoms with Gasteiger partial charge in [0, 0.05) is 4.88 Å². The summed E-state index contributed by atoms with van der Waals surface area (Å²) < 4.78 is 6.36. The molecule has 0 saturated heterocycles. The molecule has 0 aliphatic heterocycles. The van der Waals surface area contributed by atoms with E-state index in [1.165, 1.54) is 11.3 Å². The Kier molecular flexibility index (Phi) is 4.15. The van der Waals surface area contributed by atoms with Crippen molar-refractivity contribution in [2.24, 2.45) is 5.10 Å². The number of nitrogen functional groups attached to an aromatic ring is 1. The molecule has 0 aliphatic carbocycles. The average molecular weight is 367 g/mol. The largest absolute Gasteiger partial charge is 0.379 e. The number of thiophene rings is 1. The number of hydrogen-bond donors (Lipinski definition) is 2. The monoisotopic (exact) mass is 367 g/mol. The van der Waals surface area contributed by atoms with Crippen LogP contribution >= 0.6 is 11.3 Å². The summed E-state index contributed by atoms with van der Waals surface area (Å²) in [6.45, 7) is -0.00999. The van der Waals surface area contributed by atoms with Gasteiger partial charge in [0.05, 0.1) is 17.2 Å². The van der Waals surface area contributed by atoms with Gasteiger partial charge in [-0.15, -0.1) is 11.3 Å². The summed E-state index contributed by atoms with van der Waals surface area (Å²) >= 11 is 1.53. The molecular weight excluding hydrogens is 354 g/mol. The fourth-order valence-corrected chi connectivity index (χ4v) is 3.06. The first-order chi connectivity index (χ1) is 12.7. The minimum atomic E-state index is -0.308. The molecule has 0 unspecified atom stereocenters. The number of nitrogens with two attached hydrogens (primary N) is 1. The molecule has 0 radical (unpaired) electrons. The molecule has 1 aromatic carbocycles. The number of imidazole rings is 1. The number of nitrogens with one attached hydrogen (secondary N) is 1. The number of anilines is 1. The van der Waals surface area contributed by atoms with Crippen LogP contribution in [0.15, 0.2) is 51.5 Å². The second kappa shape index (κ2) is 6.76. The zero-order chi connectivity index (χ0) is 17.9. The lowest BCUT2D eigenvalue weighted by Gasteiger charge is -2.06. The number of nitrogens with zero attached hydrogens (tertiary/aromatic N) is 5. The van der Waals surface area contributed by atoms with Gasteiger partial charge < -0.3 is 10.3 Å². The van der Waals surface area contributed by atoms with E-state index in [4.69, 9.17) is 5.73 Å². The van der Waals surface area contributed by atoms with Crippen LogP contribution < -0.4 is 11.2 Å². The van der Waals surface area contributed by atoms with Crippen LogP contribution in [-0.4, -0.2) is 32.0 Å². The number of carbonyl (C=O) groups excluding carboxylic acids is 1. The number of para-hydroxylation sites is 2. The maximum atomic E-state index is 12.3. The summed E-state index contributed by atoms with van der Waals surface area (Å²) in [6, 6.07) is 11.2. The van der Waals surface area contributed by atoms with Crippen LogP contribution in [0.3, 0.4) is 0 Å². The number of aromatic nitrogens is 4. The second-order valence-corrected chi connectivity index (χ2v) is 6.30.